The van der Waals surface area contributed by atoms with Crippen molar-refractivity contribution in [1.82, 2.24) is 15.6 Å². The fraction of sp³-hybridized carbons (Fsp3) is 0.333. The maximum absolute atomic E-state index is 13.3. The van der Waals surface area contributed by atoms with Crippen molar-refractivity contribution in [2.45, 2.75) is 31.7 Å². The molecule has 1 aliphatic rings. The van der Waals surface area contributed by atoms with Gasteiger partial charge in [0, 0.05) is 11.7 Å². The van der Waals surface area contributed by atoms with E-state index in [1.54, 1.807) is 0 Å². The van der Waals surface area contributed by atoms with Gasteiger partial charge in [-0.25, -0.2) is 9.02 Å². The summed E-state index contributed by atoms with van der Waals surface area (Å²) in [6.45, 7) is 0. The van der Waals surface area contributed by atoms with Crippen molar-refractivity contribution in [3.8, 4) is 0 Å². The van der Waals surface area contributed by atoms with E-state index in [2.05, 4.69) is 47.3 Å². The first kappa shape index (κ1) is 18.1. The summed E-state index contributed by atoms with van der Waals surface area (Å²) in [6, 6.07) is 4.45. The molecule has 0 bridgehead atoms. The largest absolute Gasteiger partial charge is 0.409 e. The number of halogens is 2. The Labute approximate surface area is 156 Å². The lowest BCUT2D eigenvalue weighted by Crippen LogP contribution is -2.37. The first-order chi connectivity index (χ1) is 12.6. The first-order valence-electron chi connectivity index (χ1n) is 7.96. The summed E-state index contributed by atoms with van der Waals surface area (Å²) < 4.78 is 18.3. The average Bonchev–Trinajstić information content (AvgIpc) is 3.28. The number of hydrogen-bond acceptors (Lipinski definition) is 6. The van der Waals surface area contributed by atoms with Crippen LogP contribution < -0.4 is 16.0 Å². The minimum Gasteiger partial charge on any atom is -0.409 e. The Hall–Kier alpha value is -2.69. The van der Waals surface area contributed by atoms with Gasteiger partial charge in [-0.2, -0.15) is 0 Å². The molecule has 138 valence electrons. The van der Waals surface area contributed by atoms with E-state index >= 15 is 0 Å². The standard InChI is InChI=1S/C15H17BrFN7O2/c16-10-7-9(5-6-11(10)17)19-13(22-25)12-14(24-26-23-12)21-15(18)20-8-3-1-2-4-8/h5-8,25H,1-4H2,(H,19,22)(H3,18,20,21,24). The molecule has 1 aromatic carbocycles. The molecule has 3 rings (SSSR count). The number of aromatic nitrogens is 2. The molecule has 1 fully saturated rings. The lowest BCUT2D eigenvalue weighted by Gasteiger charge is -2.14. The van der Waals surface area contributed by atoms with E-state index in [4.69, 9.17) is 10.0 Å². The van der Waals surface area contributed by atoms with E-state index in [1.807, 2.05) is 0 Å². The van der Waals surface area contributed by atoms with E-state index in [1.165, 1.54) is 18.2 Å². The van der Waals surface area contributed by atoms with E-state index in [0.29, 0.717) is 5.69 Å². The highest BCUT2D eigenvalue weighted by molar-refractivity contribution is 9.10. The van der Waals surface area contributed by atoms with Gasteiger partial charge in [-0.3, -0.25) is 5.41 Å². The van der Waals surface area contributed by atoms with Crippen molar-refractivity contribution < 1.29 is 14.2 Å². The number of guanidine groups is 1. The van der Waals surface area contributed by atoms with Crippen molar-refractivity contribution in [2.75, 3.05) is 10.6 Å². The van der Waals surface area contributed by atoms with E-state index in [0.717, 1.165) is 25.7 Å². The third-order valence-corrected chi connectivity index (χ3v) is 4.55. The molecule has 0 spiro atoms. The van der Waals surface area contributed by atoms with Gasteiger partial charge in [0.25, 0.3) is 0 Å². The molecule has 0 unspecified atom stereocenters. The molecular weight excluding hydrogens is 409 g/mol. The van der Waals surface area contributed by atoms with Crippen LogP contribution in [0.4, 0.5) is 15.9 Å². The van der Waals surface area contributed by atoms with Crippen molar-refractivity contribution in [3.63, 3.8) is 0 Å². The van der Waals surface area contributed by atoms with Crippen molar-refractivity contribution in [3.05, 3.63) is 34.2 Å². The number of amidine groups is 1. The molecule has 26 heavy (non-hydrogen) atoms. The van der Waals surface area contributed by atoms with Gasteiger partial charge in [-0.15, -0.1) is 0 Å². The van der Waals surface area contributed by atoms with Crippen LogP contribution in [0.3, 0.4) is 0 Å². The quantitative estimate of drug-likeness (QED) is 0.220. The number of oxime groups is 1. The van der Waals surface area contributed by atoms with Crippen LogP contribution in [0.15, 0.2) is 32.5 Å². The van der Waals surface area contributed by atoms with E-state index < -0.39 is 5.82 Å². The molecule has 0 aliphatic heterocycles. The van der Waals surface area contributed by atoms with E-state index in [9.17, 15) is 9.60 Å². The zero-order chi connectivity index (χ0) is 18.5. The highest BCUT2D eigenvalue weighted by atomic mass is 79.9. The van der Waals surface area contributed by atoms with Crippen LogP contribution in [0, 0.1) is 11.2 Å². The molecule has 0 amide bonds. The molecule has 0 saturated heterocycles. The van der Waals surface area contributed by atoms with Gasteiger partial charge in [-0.05, 0) is 57.3 Å². The Morgan fingerprint density at radius 3 is 2.77 bits per heavy atom. The number of rotatable bonds is 4. The third-order valence-electron chi connectivity index (χ3n) is 3.94. The van der Waals surface area contributed by atoms with Gasteiger partial charge in [0.2, 0.25) is 11.7 Å². The average molecular weight is 426 g/mol. The molecule has 1 aromatic heterocycles. The summed E-state index contributed by atoms with van der Waals surface area (Å²) in [5.41, 5.74) is 0.533. The summed E-state index contributed by atoms with van der Waals surface area (Å²) in [5, 5.41) is 36.4. The molecule has 5 N–H and O–H groups in total. The van der Waals surface area contributed by atoms with Crippen molar-refractivity contribution in [1.29, 1.82) is 5.41 Å². The van der Waals surface area contributed by atoms with Gasteiger partial charge in [0.15, 0.2) is 11.7 Å². The Morgan fingerprint density at radius 1 is 1.31 bits per heavy atom. The fourth-order valence-corrected chi connectivity index (χ4v) is 3.08. The van der Waals surface area contributed by atoms with Gasteiger partial charge < -0.3 is 21.2 Å². The number of anilines is 2. The Bertz CT molecular complexity index is 820. The Morgan fingerprint density at radius 2 is 2.08 bits per heavy atom. The summed E-state index contributed by atoms with van der Waals surface area (Å²) in [4.78, 5) is 0. The lowest BCUT2D eigenvalue weighted by atomic mass is 10.2. The smallest absolute Gasteiger partial charge is 0.209 e. The predicted molar refractivity (Wildman–Crippen MR) is 97.1 cm³/mol. The highest BCUT2D eigenvalue weighted by Crippen LogP contribution is 2.22. The van der Waals surface area contributed by atoms with Crippen LogP contribution in [0.5, 0.6) is 0 Å². The van der Waals surface area contributed by atoms with Crippen LogP contribution in [0.25, 0.3) is 0 Å². The predicted octanol–water partition coefficient (Wildman–Crippen LogP) is 3.10. The summed E-state index contributed by atoms with van der Waals surface area (Å²) in [7, 11) is 0. The molecule has 2 aromatic rings. The zero-order valence-corrected chi connectivity index (χ0v) is 15.2. The van der Waals surface area contributed by atoms with Crippen LogP contribution in [0.1, 0.15) is 31.4 Å². The monoisotopic (exact) mass is 425 g/mol. The highest BCUT2D eigenvalue weighted by Gasteiger charge is 2.21. The van der Waals surface area contributed by atoms with Crippen molar-refractivity contribution in [2.24, 2.45) is 5.16 Å². The molecular formula is C15H17BrFN7O2. The van der Waals surface area contributed by atoms with Crippen LogP contribution in [0.2, 0.25) is 0 Å². The van der Waals surface area contributed by atoms with Gasteiger partial charge >= 0.3 is 0 Å². The second-order valence-electron chi connectivity index (χ2n) is 5.79. The molecule has 0 radical (unpaired) electrons. The maximum Gasteiger partial charge on any atom is 0.209 e. The first-order valence-corrected chi connectivity index (χ1v) is 8.75. The number of nitrogens with zero attached hydrogens (tertiary/aromatic N) is 3. The molecule has 1 saturated carbocycles. The molecule has 0 atom stereocenters. The summed E-state index contributed by atoms with van der Waals surface area (Å²) in [5.74, 6) is -0.325. The Balaban J connectivity index is 1.70. The molecule has 9 nitrogen and oxygen atoms in total. The number of benzene rings is 1. The zero-order valence-electron chi connectivity index (χ0n) is 13.6. The maximum atomic E-state index is 13.3. The molecule has 1 heterocycles. The summed E-state index contributed by atoms with van der Waals surface area (Å²) >= 11 is 3.08. The second kappa shape index (κ2) is 8.13. The second-order valence-corrected chi connectivity index (χ2v) is 6.64. The van der Waals surface area contributed by atoms with Crippen LogP contribution >= 0.6 is 15.9 Å². The fourth-order valence-electron chi connectivity index (χ4n) is 2.70. The molecule has 11 heteroatoms. The minimum absolute atomic E-state index is 0.0515. The number of nitrogens with one attached hydrogen (secondary N) is 4. The van der Waals surface area contributed by atoms with Crippen molar-refractivity contribution >= 4 is 39.2 Å². The Kier molecular flexibility index (Phi) is 5.66. The normalized spacial score (nSPS) is 15.1. The van der Waals surface area contributed by atoms with Gasteiger partial charge in [-0.1, -0.05) is 18.0 Å². The minimum atomic E-state index is -0.421. The number of hydrogen-bond donors (Lipinski definition) is 5. The van der Waals surface area contributed by atoms with Gasteiger partial charge in [0.1, 0.15) is 5.82 Å². The third kappa shape index (κ3) is 4.28. The van der Waals surface area contributed by atoms with E-state index in [-0.39, 0.29) is 33.8 Å². The van der Waals surface area contributed by atoms with Crippen LogP contribution in [-0.2, 0) is 0 Å². The lowest BCUT2D eigenvalue weighted by molar-refractivity contribution is 0.305. The van der Waals surface area contributed by atoms with Crippen LogP contribution in [-0.4, -0.2) is 33.4 Å². The molecule has 1 aliphatic carbocycles. The topological polar surface area (TPSA) is 131 Å². The SMILES string of the molecule is N=C(Nc1nonc1/C(=N/O)Nc1ccc(F)c(Br)c1)NC1CCCC1. The summed E-state index contributed by atoms with van der Waals surface area (Å²) in [6.07, 6.45) is 4.30. The van der Waals surface area contributed by atoms with Gasteiger partial charge in [0.05, 0.1) is 4.47 Å².